The number of benzene rings is 1. The van der Waals surface area contributed by atoms with Crippen molar-refractivity contribution in [3.63, 3.8) is 0 Å². The number of aromatic nitrogens is 2. The Bertz CT molecular complexity index is 664. The van der Waals surface area contributed by atoms with Gasteiger partial charge in [0.1, 0.15) is 0 Å². The summed E-state index contributed by atoms with van der Waals surface area (Å²) in [4.78, 5) is 18.4. The van der Waals surface area contributed by atoms with Gasteiger partial charge in [-0.15, -0.1) is 0 Å². The Hall–Kier alpha value is -2.47. The van der Waals surface area contributed by atoms with Crippen LogP contribution in [0, 0.1) is 5.82 Å². The fourth-order valence-corrected chi connectivity index (χ4v) is 1.48. The highest BCUT2D eigenvalue weighted by molar-refractivity contribution is 6.28. The van der Waals surface area contributed by atoms with Crippen LogP contribution in [0.2, 0.25) is 5.28 Å². The van der Waals surface area contributed by atoms with Gasteiger partial charge < -0.3 is 10.1 Å². The molecule has 0 saturated heterocycles. The number of amides is 1. The van der Waals surface area contributed by atoms with E-state index in [2.05, 4.69) is 21.9 Å². The average Bonchev–Trinajstić information content (AvgIpc) is 2.44. The van der Waals surface area contributed by atoms with E-state index in [9.17, 15) is 9.18 Å². The highest BCUT2D eigenvalue weighted by Gasteiger charge is 2.12. The number of carbonyl (C=O) groups is 1. The van der Waals surface area contributed by atoms with Crippen molar-refractivity contribution in [1.82, 2.24) is 9.97 Å². The average molecular weight is 294 g/mol. The van der Waals surface area contributed by atoms with Crippen molar-refractivity contribution in [2.45, 2.75) is 0 Å². The second kappa shape index (κ2) is 6.12. The van der Waals surface area contributed by atoms with Gasteiger partial charge in [0.05, 0.1) is 11.9 Å². The predicted molar refractivity (Wildman–Crippen MR) is 72.3 cm³/mol. The predicted octanol–water partition coefficient (Wildman–Crippen LogP) is 3.19. The number of rotatable bonds is 4. The third-order valence-electron chi connectivity index (χ3n) is 2.22. The van der Waals surface area contributed by atoms with Crippen molar-refractivity contribution < 1.29 is 13.9 Å². The summed E-state index contributed by atoms with van der Waals surface area (Å²) in [6.45, 7) is 3.35. The Morgan fingerprint density at radius 3 is 2.95 bits per heavy atom. The molecule has 1 heterocycles. The Morgan fingerprint density at radius 2 is 2.20 bits per heavy atom. The molecule has 0 spiro atoms. The first-order chi connectivity index (χ1) is 9.60. The number of halogens is 2. The molecule has 1 aromatic heterocycles. The topological polar surface area (TPSA) is 64.1 Å². The van der Waals surface area contributed by atoms with Gasteiger partial charge >= 0.3 is 0 Å². The quantitative estimate of drug-likeness (QED) is 0.694. The fourth-order valence-electron chi connectivity index (χ4n) is 1.35. The highest BCUT2D eigenvalue weighted by atomic mass is 35.5. The van der Waals surface area contributed by atoms with Crippen LogP contribution in [0.4, 0.5) is 10.1 Å². The molecule has 1 aromatic carbocycles. The van der Waals surface area contributed by atoms with E-state index in [1.807, 2.05) is 0 Å². The summed E-state index contributed by atoms with van der Waals surface area (Å²) < 4.78 is 18.8. The highest BCUT2D eigenvalue weighted by Crippen LogP contribution is 2.29. The van der Waals surface area contributed by atoms with Gasteiger partial charge in [0.2, 0.25) is 17.0 Å². The lowest BCUT2D eigenvalue weighted by atomic mass is 10.3. The number of hydrogen-bond donors (Lipinski definition) is 1. The molecule has 0 saturated carbocycles. The smallest absolute Gasteiger partial charge is 0.260 e. The lowest BCUT2D eigenvalue weighted by Gasteiger charge is -2.10. The van der Waals surface area contributed by atoms with Crippen LogP contribution in [0.1, 0.15) is 0 Å². The first kappa shape index (κ1) is 14.0. The van der Waals surface area contributed by atoms with Gasteiger partial charge in [-0.2, -0.15) is 9.37 Å². The van der Waals surface area contributed by atoms with Crippen molar-refractivity contribution in [2.24, 2.45) is 0 Å². The zero-order valence-electron chi connectivity index (χ0n) is 10.1. The monoisotopic (exact) mass is 293 g/mol. The van der Waals surface area contributed by atoms with Crippen molar-refractivity contribution in [2.75, 3.05) is 5.32 Å². The molecule has 0 atom stereocenters. The Labute approximate surface area is 119 Å². The first-order valence-electron chi connectivity index (χ1n) is 5.48. The SMILES string of the molecule is C=CC(=O)Nc1ccccc1Oc1nc(Cl)ncc1F. The summed E-state index contributed by atoms with van der Waals surface area (Å²) in [5, 5.41) is 2.39. The van der Waals surface area contributed by atoms with E-state index >= 15 is 0 Å². The van der Waals surface area contributed by atoms with Gasteiger partial charge in [-0.1, -0.05) is 18.7 Å². The summed E-state index contributed by atoms with van der Waals surface area (Å²) in [6, 6.07) is 6.50. The minimum atomic E-state index is -0.765. The number of ether oxygens (including phenoxy) is 1. The van der Waals surface area contributed by atoms with Crippen LogP contribution in [0.15, 0.2) is 43.1 Å². The van der Waals surface area contributed by atoms with Crippen LogP contribution in [0.25, 0.3) is 0 Å². The van der Waals surface area contributed by atoms with Crippen molar-refractivity contribution in [1.29, 1.82) is 0 Å². The van der Waals surface area contributed by atoms with Crippen LogP contribution >= 0.6 is 11.6 Å². The Kier molecular flexibility index (Phi) is 4.27. The van der Waals surface area contributed by atoms with Crippen molar-refractivity contribution in [3.05, 3.63) is 54.2 Å². The molecule has 102 valence electrons. The first-order valence-corrected chi connectivity index (χ1v) is 5.86. The second-order valence-electron chi connectivity index (χ2n) is 3.58. The van der Waals surface area contributed by atoms with Gasteiger partial charge in [-0.3, -0.25) is 4.79 Å². The maximum absolute atomic E-state index is 13.5. The Morgan fingerprint density at radius 1 is 1.45 bits per heavy atom. The molecule has 0 fully saturated rings. The summed E-state index contributed by atoms with van der Waals surface area (Å²) >= 11 is 5.58. The van der Waals surface area contributed by atoms with E-state index in [4.69, 9.17) is 16.3 Å². The largest absolute Gasteiger partial charge is 0.434 e. The minimum absolute atomic E-state index is 0.144. The summed E-state index contributed by atoms with van der Waals surface area (Å²) in [6.07, 6.45) is 2.01. The number of anilines is 1. The fraction of sp³-hybridized carbons (Fsp3) is 0. The van der Waals surface area contributed by atoms with Gasteiger partial charge in [-0.25, -0.2) is 4.98 Å². The maximum Gasteiger partial charge on any atom is 0.260 e. The van der Waals surface area contributed by atoms with Crippen LogP contribution in [0.3, 0.4) is 0 Å². The molecule has 0 aliphatic rings. The van der Waals surface area contributed by atoms with Gasteiger partial charge in [0.25, 0.3) is 5.88 Å². The van der Waals surface area contributed by atoms with E-state index in [-0.39, 0.29) is 16.9 Å². The van der Waals surface area contributed by atoms with Gasteiger partial charge in [-0.05, 0) is 29.8 Å². The molecule has 0 radical (unpaired) electrons. The maximum atomic E-state index is 13.5. The lowest BCUT2D eigenvalue weighted by Crippen LogP contribution is -2.08. The zero-order valence-corrected chi connectivity index (χ0v) is 10.9. The molecule has 2 rings (SSSR count). The normalized spacial score (nSPS) is 9.90. The standard InChI is InChI=1S/C13H9ClFN3O2/c1-2-11(19)17-9-5-3-4-6-10(9)20-12-8(15)7-16-13(14)18-12/h2-7H,1H2,(H,17,19). The van der Waals surface area contributed by atoms with E-state index in [1.54, 1.807) is 24.3 Å². The van der Waals surface area contributed by atoms with Crippen LogP contribution in [0.5, 0.6) is 11.6 Å². The zero-order chi connectivity index (χ0) is 14.5. The number of carbonyl (C=O) groups excluding carboxylic acids is 1. The Balaban J connectivity index is 2.31. The number of hydrogen-bond acceptors (Lipinski definition) is 4. The molecule has 5 nitrogen and oxygen atoms in total. The molecule has 20 heavy (non-hydrogen) atoms. The number of nitrogens with zero attached hydrogens (tertiary/aromatic N) is 2. The van der Waals surface area contributed by atoms with E-state index in [0.717, 1.165) is 12.3 Å². The molecule has 0 aliphatic heterocycles. The summed E-state index contributed by atoms with van der Waals surface area (Å²) in [7, 11) is 0. The molecule has 2 aromatic rings. The third-order valence-corrected chi connectivity index (χ3v) is 2.40. The third kappa shape index (κ3) is 3.30. The summed E-state index contributed by atoms with van der Waals surface area (Å²) in [5.74, 6) is -1.29. The summed E-state index contributed by atoms with van der Waals surface area (Å²) in [5.41, 5.74) is 0.353. The second-order valence-corrected chi connectivity index (χ2v) is 3.92. The van der Waals surface area contributed by atoms with Gasteiger partial charge in [0, 0.05) is 0 Å². The molecular weight excluding hydrogens is 285 g/mol. The molecule has 1 N–H and O–H groups in total. The van der Waals surface area contributed by atoms with Gasteiger partial charge in [0.15, 0.2) is 5.75 Å². The van der Waals surface area contributed by atoms with Crippen molar-refractivity contribution in [3.8, 4) is 11.6 Å². The minimum Gasteiger partial charge on any atom is -0.434 e. The van der Waals surface area contributed by atoms with E-state index in [0.29, 0.717) is 5.69 Å². The molecule has 1 amide bonds. The number of nitrogens with one attached hydrogen (secondary N) is 1. The molecule has 7 heteroatoms. The molecular formula is C13H9ClFN3O2. The molecule has 0 bridgehead atoms. The number of para-hydroxylation sites is 2. The lowest BCUT2D eigenvalue weighted by molar-refractivity contribution is -0.111. The van der Waals surface area contributed by atoms with Crippen molar-refractivity contribution >= 4 is 23.2 Å². The van der Waals surface area contributed by atoms with Crippen LogP contribution < -0.4 is 10.1 Å². The van der Waals surface area contributed by atoms with E-state index in [1.165, 1.54) is 0 Å². The molecule has 0 unspecified atom stereocenters. The van der Waals surface area contributed by atoms with E-state index < -0.39 is 11.7 Å². The van der Waals surface area contributed by atoms with Crippen LogP contribution in [-0.2, 0) is 4.79 Å². The molecule has 0 aliphatic carbocycles. The van der Waals surface area contributed by atoms with Crippen LogP contribution in [-0.4, -0.2) is 15.9 Å².